The third kappa shape index (κ3) is 5.71. The summed E-state index contributed by atoms with van der Waals surface area (Å²) >= 11 is 0. The summed E-state index contributed by atoms with van der Waals surface area (Å²) in [6, 6.07) is 0. The number of piperidine rings is 1. The van der Waals surface area contributed by atoms with Crippen molar-refractivity contribution in [3.8, 4) is 0 Å². The topological polar surface area (TPSA) is 18.5 Å². The van der Waals surface area contributed by atoms with Crippen LogP contribution in [-0.2, 0) is 0 Å². The molecule has 24 heavy (non-hydrogen) atoms. The van der Waals surface area contributed by atoms with Gasteiger partial charge >= 0.3 is 0 Å². The maximum Gasteiger partial charge on any atom is 0.0159 e. The minimum Gasteiger partial charge on any atom is -0.317 e. The van der Waals surface area contributed by atoms with Crippen molar-refractivity contribution in [2.24, 2.45) is 17.3 Å². The van der Waals surface area contributed by atoms with Crippen molar-refractivity contribution in [2.75, 3.05) is 45.8 Å². The summed E-state index contributed by atoms with van der Waals surface area (Å²) in [6.07, 6.45) is 5.36. The predicted octanol–water partition coefficient (Wildman–Crippen LogP) is 3.84. The Hall–Kier alpha value is -0.120. The molecule has 3 nitrogen and oxygen atoms in total. The quantitative estimate of drug-likeness (QED) is 0.761. The lowest BCUT2D eigenvalue weighted by Crippen LogP contribution is -2.56. The second-order valence-electron chi connectivity index (χ2n) is 10.0. The Morgan fingerprint density at radius 1 is 0.958 bits per heavy atom. The van der Waals surface area contributed by atoms with Gasteiger partial charge in [0.05, 0.1) is 0 Å². The standard InChI is InChI=1S/C21H43N3/c1-18(2)9-12-23-13-15-24(16-14-23)21(5,6)17-20(3,4)19-7-10-22-11-8-19/h18-19,22H,7-17H2,1-6H3. The van der Waals surface area contributed by atoms with Crippen LogP contribution in [0.15, 0.2) is 0 Å². The Morgan fingerprint density at radius 2 is 1.54 bits per heavy atom. The zero-order valence-corrected chi connectivity index (χ0v) is 17.3. The molecule has 0 radical (unpaired) electrons. The Balaban J connectivity index is 1.84. The number of rotatable bonds is 7. The second-order valence-corrected chi connectivity index (χ2v) is 10.0. The normalized spacial score (nSPS) is 23.1. The monoisotopic (exact) mass is 337 g/mol. The average molecular weight is 338 g/mol. The van der Waals surface area contributed by atoms with E-state index in [-0.39, 0.29) is 0 Å². The molecule has 0 bridgehead atoms. The number of piperazine rings is 1. The van der Waals surface area contributed by atoms with Crippen LogP contribution in [0.1, 0.15) is 67.2 Å². The second kappa shape index (κ2) is 8.51. The van der Waals surface area contributed by atoms with Crippen molar-refractivity contribution in [1.29, 1.82) is 0 Å². The van der Waals surface area contributed by atoms with E-state index in [4.69, 9.17) is 0 Å². The van der Waals surface area contributed by atoms with Gasteiger partial charge < -0.3 is 10.2 Å². The van der Waals surface area contributed by atoms with Gasteiger partial charge in [-0.3, -0.25) is 4.90 Å². The molecule has 0 aromatic rings. The Morgan fingerprint density at radius 3 is 2.08 bits per heavy atom. The van der Waals surface area contributed by atoms with Gasteiger partial charge in [0.1, 0.15) is 0 Å². The van der Waals surface area contributed by atoms with Crippen LogP contribution in [0.5, 0.6) is 0 Å². The van der Waals surface area contributed by atoms with E-state index in [9.17, 15) is 0 Å². The van der Waals surface area contributed by atoms with Crippen molar-refractivity contribution >= 4 is 0 Å². The van der Waals surface area contributed by atoms with Gasteiger partial charge in [-0.2, -0.15) is 0 Å². The van der Waals surface area contributed by atoms with E-state index in [0.29, 0.717) is 11.0 Å². The first-order valence-electron chi connectivity index (χ1n) is 10.4. The van der Waals surface area contributed by atoms with Gasteiger partial charge in [-0.1, -0.05) is 27.7 Å². The van der Waals surface area contributed by atoms with E-state index in [0.717, 1.165) is 11.8 Å². The zero-order chi connectivity index (χ0) is 17.8. The fourth-order valence-corrected chi connectivity index (χ4v) is 4.99. The number of hydrogen-bond acceptors (Lipinski definition) is 3. The molecule has 0 aromatic heterocycles. The zero-order valence-electron chi connectivity index (χ0n) is 17.3. The van der Waals surface area contributed by atoms with Crippen LogP contribution in [0.4, 0.5) is 0 Å². The van der Waals surface area contributed by atoms with E-state index >= 15 is 0 Å². The summed E-state index contributed by atoms with van der Waals surface area (Å²) in [5.74, 6) is 1.70. The first-order chi connectivity index (χ1) is 11.2. The van der Waals surface area contributed by atoms with Crippen LogP contribution in [0.2, 0.25) is 0 Å². The molecule has 0 spiro atoms. The summed E-state index contributed by atoms with van der Waals surface area (Å²) in [7, 11) is 0. The van der Waals surface area contributed by atoms with Crippen molar-refractivity contribution in [3.63, 3.8) is 0 Å². The Bertz CT molecular complexity index is 361. The molecule has 2 aliphatic heterocycles. The highest BCUT2D eigenvalue weighted by Crippen LogP contribution is 2.41. The third-order valence-corrected chi connectivity index (χ3v) is 6.58. The molecular weight excluding hydrogens is 294 g/mol. The maximum atomic E-state index is 3.52. The summed E-state index contributed by atoms with van der Waals surface area (Å²) in [5, 5.41) is 3.52. The first-order valence-corrected chi connectivity index (χ1v) is 10.4. The molecule has 1 N–H and O–H groups in total. The minimum absolute atomic E-state index is 0.318. The molecule has 0 atom stereocenters. The minimum atomic E-state index is 0.318. The summed E-state index contributed by atoms with van der Waals surface area (Å²) in [6.45, 7) is 23.4. The van der Waals surface area contributed by atoms with Crippen LogP contribution in [0.3, 0.4) is 0 Å². The lowest BCUT2D eigenvalue weighted by Gasteiger charge is -2.49. The molecule has 2 saturated heterocycles. The molecule has 2 fully saturated rings. The molecule has 2 heterocycles. The molecule has 2 rings (SSSR count). The lowest BCUT2D eigenvalue weighted by molar-refractivity contribution is 0.00641. The lowest BCUT2D eigenvalue weighted by atomic mass is 9.67. The molecular formula is C21H43N3. The Kier molecular flexibility index (Phi) is 7.16. The van der Waals surface area contributed by atoms with Gasteiger partial charge in [0, 0.05) is 31.7 Å². The van der Waals surface area contributed by atoms with Gasteiger partial charge in [0.25, 0.3) is 0 Å². The number of nitrogens with zero attached hydrogens (tertiary/aromatic N) is 2. The molecule has 2 aliphatic rings. The third-order valence-electron chi connectivity index (χ3n) is 6.58. The SMILES string of the molecule is CC(C)CCN1CCN(C(C)(C)CC(C)(C)C2CCNCC2)CC1. The van der Waals surface area contributed by atoms with E-state index < -0.39 is 0 Å². The number of nitrogens with one attached hydrogen (secondary N) is 1. The molecule has 0 aromatic carbocycles. The van der Waals surface area contributed by atoms with Gasteiger partial charge in [-0.25, -0.2) is 0 Å². The van der Waals surface area contributed by atoms with E-state index in [1.165, 1.54) is 71.5 Å². The summed E-state index contributed by atoms with van der Waals surface area (Å²) < 4.78 is 0. The first kappa shape index (κ1) is 20.2. The van der Waals surface area contributed by atoms with Gasteiger partial charge in [0.2, 0.25) is 0 Å². The smallest absolute Gasteiger partial charge is 0.0159 e. The van der Waals surface area contributed by atoms with Crippen molar-refractivity contribution in [1.82, 2.24) is 15.1 Å². The van der Waals surface area contributed by atoms with Crippen LogP contribution in [0.25, 0.3) is 0 Å². The molecule has 0 amide bonds. The molecule has 3 heteroatoms. The predicted molar refractivity (Wildman–Crippen MR) is 106 cm³/mol. The largest absolute Gasteiger partial charge is 0.317 e. The van der Waals surface area contributed by atoms with Gasteiger partial charge in [0.15, 0.2) is 0 Å². The van der Waals surface area contributed by atoms with Crippen LogP contribution < -0.4 is 5.32 Å². The molecule has 142 valence electrons. The van der Waals surface area contributed by atoms with Crippen molar-refractivity contribution < 1.29 is 0 Å². The van der Waals surface area contributed by atoms with E-state index in [1.54, 1.807) is 0 Å². The molecule has 0 saturated carbocycles. The highest BCUT2D eigenvalue weighted by atomic mass is 15.3. The summed E-state index contributed by atoms with van der Waals surface area (Å²) in [4.78, 5) is 5.44. The highest BCUT2D eigenvalue weighted by molar-refractivity contribution is 4.93. The van der Waals surface area contributed by atoms with Gasteiger partial charge in [-0.05, 0) is 76.4 Å². The fourth-order valence-electron chi connectivity index (χ4n) is 4.99. The number of hydrogen-bond donors (Lipinski definition) is 1. The van der Waals surface area contributed by atoms with Crippen LogP contribution >= 0.6 is 0 Å². The van der Waals surface area contributed by atoms with E-state index in [1.807, 2.05) is 0 Å². The van der Waals surface area contributed by atoms with Crippen molar-refractivity contribution in [3.05, 3.63) is 0 Å². The van der Waals surface area contributed by atoms with Crippen LogP contribution in [-0.4, -0.2) is 61.2 Å². The molecule has 0 unspecified atom stereocenters. The van der Waals surface area contributed by atoms with Crippen LogP contribution in [0, 0.1) is 17.3 Å². The average Bonchev–Trinajstić information content (AvgIpc) is 2.53. The maximum absolute atomic E-state index is 3.52. The summed E-state index contributed by atoms with van der Waals surface area (Å²) in [5.41, 5.74) is 0.763. The Labute approximate surface area is 151 Å². The fraction of sp³-hybridized carbons (Fsp3) is 1.00. The highest BCUT2D eigenvalue weighted by Gasteiger charge is 2.39. The van der Waals surface area contributed by atoms with E-state index in [2.05, 4.69) is 56.7 Å². The molecule has 0 aliphatic carbocycles. The van der Waals surface area contributed by atoms with Gasteiger partial charge in [-0.15, -0.1) is 0 Å². The van der Waals surface area contributed by atoms with Crippen molar-refractivity contribution in [2.45, 2.75) is 72.8 Å².